The molecule has 1 aromatic carbocycles. The van der Waals surface area contributed by atoms with Crippen LogP contribution in [0.25, 0.3) is 5.78 Å². The summed E-state index contributed by atoms with van der Waals surface area (Å²) in [5.74, 6) is 0.532. The first-order valence-corrected chi connectivity index (χ1v) is 8.96. The zero-order valence-corrected chi connectivity index (χ0v) is 14.4. The molecule has 2 aromatic heterocycles. The molecule has 4 nitrogen and oxygen atoms in total. The van der Waals surface area contributed by atoms with Crippen molar-refractivity contribution in [1.29, 1.82) is 0 Å². The Balaban J connectivity index is 2.17. The monoisotopic (exact) mass is 325 g/mol. The van der Waals surface area contributed by atoms with Crippen molar-refractivity contribution in [2.24, 2.45) is 0 Å². The molecule has 0 radical (unpaired) electrons. The van der Waals surface area contributed by atoms with E-state index in [4.69, 9.17) is 0 Å². The van der Waals surface area contributed by atoms with Crippen molar-refractivity contribution in [3.8, 4) is 0 Å². The van der Waals surface area contributed by atoms with E-state index < -0.39 is 0 Å². The van der Waals surface area contributed by atoms with E-state index in [2.05, 4.69) is 23.8 Å². The fourth-order valence-corrected chi connectivity index (χ4v) is 3.51. The molecular formula is C18H19N3OS. The van der Waals surface area contributed by atoms with Gasteiger partial charge in [-0.05, 0) is 19.1 Å². The molecule has 0 fully saturated rings. The second-order valence-electron chi connectivity index (χ2n) is 5.24. The summed E-state index contributed by atoms with van der Waals surface area (Å²) in [6, 6.07) is 9.24. The summed E-state index contributed by atoms with van der Waals surface area (Å²) in [4.78, 5) is 21.7. The highest BCUT2D eigenvalue weighted by Gasteiger charge is 2.18. The summed E-state index contributed by atoms with van der Waals surface area (Å²) in [5, 5.41) is 1.00. The first-order valence-electron chi connectivity index (χ1n) is 7.74. The second kappa shape index (κ2) is 6.54. The molecule has 0 aliphatic rings. The third-order valence-corrected chi connectivity index (χ3v) is 4.66. The van der Waals surface area contributed by atoms with Crippen LogP contribution < -0.4 is 0 Å². The molecule has 0 amide bonds. The minimum atomic E-state index is -0.0677. The summed E-state index contributed by atoms with van der Waals surface area (Å²) in [5.41, 5.74) is 3.51. The van der Waals surface area contributed by atoms with Gasteiger partial charge in [-0.3, -0.25) is 9.20 Å². The van der Waals surface area contributed by atoms with Gasteiger partial charge in [0.05, 0.1) is 0 Å². The zero-order chi connectivity index (χ0) is 16.4. The molecule has 118 valence electrons. The van der Waals surface area contributed by atoms with Gasteiger partial charge in [-0.15, -0.1) is 11.8 Å². The van der Waals surface area contributed by atoms with E-state index >= 15 is 0 Å². The van der Waals surface area contributed by atoms with Crippen LogP contribution in [0.1, 0.15) is 41.2 Å². The molecule has 23 heavy (non-hydrogen) atoms. The van der Waals surface area contributed by atoms with E-state index in [9.17, 15) is 4.79 Å². The highest BCUT2D eigenvalue weighted by molar-refractivity contribution is 7.98. The van der Waals surface area contributed by atoms with Gasteiger partial charge in [-0.2, -0.15) is 0 Å². The number of ketones is 1. The molecule has 0 spiro atoms. The van der Waals surface area contributed by atoms with E-state index in [1.807, 2.05) is 47.2 Å². The summed E-state index contributed by atoms with van der Waals surface area (Å²) in [6.07, 6.45) is 5.64. The number of aromatic nitrogens is 3. The topological polar surface area (TPSA) is 47.3 Å². The normalized spacial score (nSPS) is 11.1. The van der Waals surface area contributed by atoms with Crippen LogP contribution in [0.4, 0.5) is 0 Å². The Labute approximate surface area is 140 Å². The average Bonchev–Trinajstić information content (AvgIpc) is 3.03. The van der Waals surface area contributed by atoms with Crippen LogP contribution in [0.3, 0.4) is 0 Å². The Hall–Kier alpha value is -2.14. The van der Waals surface area contributed by atoms with Gasteiger partial charge in [-0.1, -0.05) is 44.2 Å². The van der Waals surface area contributed by atoms with Gasteiger partial charge in [0, 0.05) is 23.0 Å². The molecular weight excluding hydrogens is 306 g/mol. The fourth-order valence-electron chi connectivity index (χ4n) is 2.83. The number of aryl methyl sites for hydroxylation is 1. The SMILES string of the molecule is CCc1c(SC)nc2nc(C(=O)c3ccccc3)cn2c1CC. The minimum Gasteiger partial charge on any atom is -0.287 e. The van der Waals surface area contributed by atoms with E-state index in [-0.39, 0.29) is 5.78 Å². The number of hydrogen-bond acceptors (Lipinski definition) is 4. The standard InChI is InChI=1S/C18H19N3OS/c1-4-13-15(5-2)21-11-14(19-18(21)20-17(13)23-3)16(22)12-9-7-6-8-10-12/h6-11H,4-5H2,1-3H3. The van der Waals surface area contributed by atoms with E-state index in [0.717, 1.165) is 17.9 Å². The van der Waals surface area contributed by atoms with Gasteiger partial charge in [0.2, 0.25) is 11.6 Å². The minimum absolute atomic E-state index is 0.0677. The van der Waals surface area contributed by atoms with Crippen molar-refractivity contribution in [2.45, 2.75) is 31.7 Å². The largest absolute Gasteiger partial charge is 0.287 e. The molecule has 2 heterocycles. The summed E-state index contributed by atoms with van der Waals surface area (Å²) < 4.78 is 1.97. The number of fused-ring (bicyclic) bond motifs is 1. The van der Waals surface area contributed by atoms with Gasteiger partial charge < -0.3 is 0 Å². The molecule has 0 bridgehead atoms. The Kier molecular flexibility index (Phi) is 4.48. The molecule has 0 N–H and O–H groups in total. The number of nitrogens with zero attached hydrogens (tertiary/aromatic N) is 3. The number of imidazole rings is 1. The van der Waals surface area contributed by atoms with Crippen molar-refractivity contribution in [3.05, 3.63) is 59.0 Å². The lowest BCUT2D eigenvalue weighted by Crippen LogP contribution is -2.05. The van der Waals surface area contributed by atoms with Gasteiger partial charge in [0.25, 0.3) is 0 Å². The van der Waals surface area contributed by atoms with E-state index in [1.54, 1.807) is 11.8 Å². The lowest BCUT2D eigenvalue weighted by Gasteiger charge is -2.12. The molecule has 0 unspecified atom stereocenters. The van der Waals surface area contributed by atoms with Crippen molar-refractivity contribution >= 4 is 23.3 Å². The summed E-state index contributed by atoms with van der Waals surface area (Å²) in [6.45, 7) is 4.26. The third-order valence-electron chi connectivity index (χ3n) is 3.94. The van der Waals surface area contributed by atoms with E-state index in [1.165, 1.54) is 11.3 Å². The maximum Gasteiger partial charge on any atom is 0.235 e. The molecule has 3 aromatic rings. The van der Waals surface area contributed by atoms with Crippen LogP contribution in [-0.2, 0) is 12.8 Å². The molecule has 0 aliphatic heterocycles. The summed E-state index contributed by atoms with van der Waals surface area (Å²) >= 11 is 1.63. The van der Waals surface area contributed by atoms with E-state index in [0.29, 0.717) is 17.0 Å². The van der Waals surface area contributed by atoms with Crippen LogP contribution in [0.2, 0.25) is 0 Å². The predicted molar refractivity (Wildman–Crippen MR) is 93.4 cm³/mol. The number of carbonyl (C=O) groups excluding carboxylic acids is 1. The molecule has 3 rings (SSSR count). The first-order chi connectivity index (χ1) is 11.2. The Morgan fingerprint density at radius 2 is 1.87 bits per heavy atom. The molecule has 5 heteroatoms. The van der Waals surface area contributed by atoms with Crippen molar-refractivity contribution in [1.82, 2.24) is 14.4 Å². The molecule has 0 saturated carbocycles. The van der Waals surface area contributed by atoms with Gasteiger partial charge in [0.15, 0.2) is 0 Å². The highest BCUT2D eigenvalue weighted by atomic mass is 32.2. The quantitative estimate of drug-likeness (QED) is 0.406. The molecule has 0 aliphatic carbocycles. The number of hydrogen-bond donors (Lipinski definition) is 0. The highest BCUT2D eigenvalue weighted by Crippen LogP contribution is 2.24. The van der Waals surface area contributed by atoms with Crippen LogP contribution in [0.5, 0.6) is 0 Å². The lowest BCUT2D eigenvalue weighted by molar-refractivity contribution is 0.103. The molecule has 0 saturated heterocycles. The van der Waals surface area contributed by atoms with Crippen LogP contribution in [-0.4, -0.2) is 26.4 Å². The third kappa shape index (κ3) is 2.77. The molecule has 0 atom stereocenters. The smallest absolute Gasteiger partial charge is 0.235 e. The van der Waals surface area contributed by atoms with Crippen LogP contribution in [0, 0.1) is 0 Å². The summed E-state index contributed by atoms with van der Waals surface area (Å²) in [7, 11) is 0. The number of carbonyl (C=O) groups is 1. The maximum absolute atomic E-state index is 12.6. The Morgan fingerprint density at radius 3 is 2.48 bits per heavy atom. The number of benzene rings is 1. The number of thioether (sulfide) groups is 1. The van der Waals surface area contributed by atoms with Gasteiger partial charge in [0.1, 0.15) is 10.7 Å². The van der Waals surface area contributed by atoms with Gasteiger partial charge >= 0.3 is 0 Å². The zero-order valence-electron chi connectivity index (χ0n) is 13.5. The first kappa shape index (κ1) is 15.7. The number of rotatable bonds is 5. The average molecular weight is 325 g/mol. The Morgan fingerprint density at radius 1 is 1.13 bits per heavy atom. The predicted octanol–water partition coefficient (Wildman–Crippen LogP) is 3.81. The maximum atomic E-state index is 12.6. The van der Waals surface area contributed by atoms with Crippen molar-refractivity contribution < 1.29 is 4.79 Å². The lowest BCUT2D eigenvalue weighted by atomic mass is 10.1. The van der Waals surface area contributed by atoms with Crippen LogP contribution >= 0.6 is 11.8 Å². The second-order valence-corrected chi connectivity index (χ2v) is 6.04. The Bertz CT molecular complexity index is 856. The van der Waals surface area contributed by atoms with Crippen molar-refractivity contribution in [3.63, 3.8) is 0 Å². The van der Waals surface area contributed by atoms with Crippen molar-refractivity contribution in [2.75, 3.05) is 6.26 Å². The van der Waals surface area contributed by atoms with Gasteiger partial charge in [-0.25, -0.2) is 9.97 Å². The van der Waals surface area contributed by atoms with Crippen LogP contribution in [0.15, 0.2) is 41.6 Å². The fraction of sp³-hybridized carbons (Fsp3) is 0.278.